The summed E-state index contributed by atoms with van der Waals surface area (Å²) in [6.45, 7) is -0.0679. The van der Waals surface area contributed by atoms with Gasteiger partial charge in [-0.25, -0.2) is 0 Å². The number of nitrogens with one attached hydrogen (secondary N) is 1. The Morgan fingerprint density at radius 2 is 1.86 bits per heavy atom. The summed E-state index contributed by atoms with van der Waals surface area (Å²) < 4.78 is 38.3. The number of pyridine rings is 1. The Bertz CT molecular complexity index is 715. The zero-order valence-corrected chi connectivity index (χ0v) is 11.3. The van der Waals surface area contributed by atoms with E-state index in [-0.39, 0.29) is 17.8 Å². The molecule has 2 rings (SSSR count). The highest BCUT2D eigenvalue weighted by molar-refractivity contribution is 5.92. The quantitative estimate of drug-likeness (QED) is 0.867. The predicted octanol–water partition coefficient (Wildman–Crippen LogP) is 2.88. The van der Waals surface area contributed by atoms with Gasteiger partial charge in [0, 0.05) is 11.8 Å². The summed E-state index contributed by atoms with van der Waals surface area (Å²) in [6, 6.07) is 9.90. The van der Waals surface area contributed by atoms with Crippen LogP contribution in [0.5, 0.6) is 0 Å². The minimum absolute atomic E-state index is 0.0679. The van der Waals surface area contributed by atoms with Gasteiger partial charge in [0.15, 0.2) is 0 Å². The van der Waals surface area contributed by atoms with Crippen molar-refractivity contribution in [3.05, 3.63) is 65.5 Å². The van der Waals surface area contributed by atoms with Crippen molar-refractivity contribution in [1.82, 2.24) is 10.3 Å². The number of hydrogen-bond acceptors (Lipinski definition) is 2. The van der Waals surface area contributed by atoms with Crippen LogP contribution >= 0.6 is 0 Å². The number of carbonyl (C=O) groups is 1. The van der Waals surface area contributed by atoms with Crippen LogP contribution < -0.4 is 5.32 Å². The lowest BCUT2D eigenvalue weighted by molar-refractivity contribution is -0.137. The maximum absolute atomic E-state index is 12.8. The highest BCUT2D eigenvalue weighted by Crippen LogP contribution is 2.31. The third-order valence-corrected chi connectivity index (χ3v) is 2.69. The fourth-order valence-corrected chi connectivity index (χ4v) is 1.69. The minimum Gasteiger partial charge on any atom is -0.340 e. The Morgan fingerprint density at radius 1 is 1.14 bits per heavy atom. The lowest BCUT2D eigenvalue weighted by Gasteiger charge is -2.08. The van der Waals surface area contributed by atoms with Gasteiger partial charge in [0.05, 0.1) is 12.1 Å². The van der Waals surface area contributed by atoms with Crippen LogP contribution in [0, 0.1) is 11.8 Å². The van der Waals surface area contributed by atoms with Crippen molar-refractivity contribution < 1.29 is 18.0 Å². The molecule has 0 spiro atoms. The molecule has 1 aromatic carbocycles. The van der Waals surface area contributed by atoms with Crippen LogP contribution in [0.3, 0.4) is 0 Å². The summed E-state index contributed by atoms with van der Waals surface area (Å²) >= 11 is 0. The second kappa shape index (κ2) is 6.76. The van der Waals surface area contributed by atoms with Gasteiger partial charge in [0.2, 0.25) is 0 Å². The molecule has 0 saturated heterocycles. The second-order valence-electron chi connectivity index (χ2n) is 4.24. The van der Waals surface area contributed by atoms with Gasteiger partial charge < -0.3 is 5.32 Å². The number of rotatable bonds is 2. The van der Waals surface area contributed by atoms with E-state index < -0.39 is 17.6 Å². The highest BCUT2D eigenvalue weighted by atomic mass is 19.4. The number of amides is 1. The van der Waals surface area contributed by atoms with E-state index in [1.54, 1.807) is 12.1 Å². The molecule has 0 bridgehead atoms. The van der Waals surface area contributed by atoms with Crippen molar-refractivity contribution in [3.63, 3.8) is 0 Å². The Kier molecular flexibility index (Phi) is 4.79. The first-order valence-electron chi connectivity index (χ1n) is 6.33. The molecular formula is C16H11F3N2O. The number of alkyl halides is 3. The monoisotopic (exact) mass is 304 g/mol. The van der Waals surface area contributed by atoms with Crippen LogP contribution in [0.2, 0.25) is 0 Å². The smallest absolute Gasteiger partial charge is 0.340 e. The summed E-state index contributed by atoms with van der Waals surface area (Å²) in [5, 5.41) is 2.47. The number of nitrogens with zero attached hydrogens (tertiary/aromatic N) is 1. The molecule has 0 fully saturated rings. The van der Waals surface area contributed by atoms with Gasteiger partial charge in [0.1, 0.15) is 5.69 Å². The van der Waals surface area contributed by atoms with Crippen molar-refractivity contribution in [2.75, 3.05) is 6.54 Å². The maximum Gasteiger partial charge on any atom is 0.417 e. The van der Waals surface area contributed by atoms with Crippen LogP contribution in [-0.4, -0.2) is 17.4 Å². The molecule has 0 unspecified atom stereocenters. The molecule has 0 aliphatic heterocycles. The largest absolute Gasteiger partial charge is 0.417 e. The molecule has 0 saturated carbocycles. The number of benzene rings is 1. The van der Waals surface area contributed by atoms with Crippen LogP contribution in [0.1, 0.15) is 21.6 Å². The van der Waals surface area contributed by atoms with E-state index in [0.29, 0.717) is 0 Å². The molecular weight excluding hydrogens is 293 g/mol. The van der Waals surface area contributed by atoms with Gasteiger partial charge >= 0.3 is 6.18 Å². The molecule has 1 N–H and O–H groups in total. The molecule has 0 radical (unpaired) electrons. The number of aromatic nitrogens is 1. The molecule has 1 aromatic heterocycles. The molecule has 0 atom stereocenters. The van der Waals surface area contributed by atoms with Gasteiger partial charge in [-0.2, -0.15) is 13.2 Å². The van der Waals surface area contributed by atoms with Gasteiger partial charge in [-0.1, -0.05) is 30.0 Å². The molecule has 2 aromatic rings. The van der Waals surface area contributed by atoms with Crippen LogP contribution in [-0.2, 0) is 6.18 Å². The summed E-state index contributed by atoms with van der Waals surface area (Å²) in [5.74, 6) is 4.50. The Morgan fingerprint density at radius 3 is 2.55 bits per heavy atom. The van der Waals surface area contributed by atoms with E-state index in [4.69, 9.17) is 0 Å². The average molecular weight is 304 g/mol. The van der Waals surface area contributed by atoms with Crippen molar-refractivity contribution in [1.29, 1.82) is 0 Å². The van der Waals surface area contributed by atoms with Crippen molar-refractivity contribution >= 4 is 5.91 Å². The number of hydrogen-bond donors (Lipinski definition) is 1. The predicted molar refractivity (Wildman–Crippen MR) is 74.9 cm³/mol. The summed E-state index contributed by atoms with van der Waals surface area (Å²) in [5.41, 5.74) is -0.694. The molecule has 3 nitrogen and oxygen atoms in total. The standard InChI is InChI=1S/C16H11F3N2O/c17-16(18,19)13-8-2-1-6-12(13)7-5-11-21-15(22)14-9-3-4-10-20-14/h1-4,6,8-10H,11H2,(H,21,22). The number of carbonyl (C=O) groups excluding carboxylic acids is 1. The average Bonchev–Trinajstić information content (AvgIpc) is 2.51. The first kappa shape index (κ1) is 15.6. The fraction of sp³-hybridized carbons (Fsp3) is 0.125. The van der Waals surface area contributed by atoms with E-state index in [0.717, 1.165) is 6.07 Å². The van der Waals surface area contributed by atoms with Crippen LogP contribution in [0.4, 0.5) is 13.2 Å². The molecule has 6 heteroatoms. The van der Waals surface area contributed by atoms with Gasteiger partial charge in [-0.15, -0.1) is 0 Å². The van der Waals surface area contributed by atoms with Gasteiger partial charge in [-0.05, 0) is 24.3 Å². The van der Waals surface area contributed by atoms with E-state index in [1.165, 1.54) is 30.5 Å². The maximum atomic E-state index is 12.8. The van der Waals surface area contributed by atoms with E-state index in [1.807, 2.05) is 0 Å². The lowest BCUT2D eigenvalue weighted by atomic mass is 10.1. The van der Waals surface area contributed by atoms with E-state index in [9.17, 15) is 18.0 Å². The third-order valence-electron chi connectivity index (χ3n) is 2.69. The topological polar surface area (TPSA) is 42.0 Å². The highest BCUT2D eigenvalue weighted by Gasteiger charge is 2.32. The molecule has 0 aliphatic carbocycles. The van der Waals surface area contributed by atoms with Crippen molar-refractivity contribution in [2.24, 2.45) is 0 Å². The Balaban J connectivity index is 2.02. The second-order valence-corrected chi connectivity index (χ2v) is 4.24. The molecule has 22 heavy (non-hydrogen) atoms. The summed E-state index contributed by atoms with van der Waals surface area (Å²) in [7, 11) is 0. The van der Waals surface area contributed by atoms with Gasteiger partial charge in [0.25, 0.3) is 5.91 Å². The third kappa shape index (κ3) is 4.09. The normalized spacial score (nSPS) is 10.5. The van der Waals surface area contributed by atoms with Crippen molar-refractivity contribution in [2.45, 2.75) is 6.18 Å². The number of halogens is 3. The van der Waals surface area contributed by atoms with E-state index in [2.05, 4.69) is 22.1 Å². The first-order valence-corrected chi connectivity index (χ1v) is 6.33. The SMILES string of the molecule is O=C(NCC#Cc1ccccc1C(F)(F)F)c1ccccn1. The zero-order valence-electron chi connectivity index (χ0n) is 11.3. The van der Waals surface area contributed by atoms with Crippen molar-refractivity contribution in [3.8, 4) is 11.8 Å². The summed E-state index contributed by atoms with van der Waals surface area (Å²) in [4.78, 5) is 15.5. The molecule has 112 valence electrons. The van der Waals surface area contributed by atoms with E-state index >= 15 is 0 Å². The molecule has 1 heterocycles. The lowest BCUT2D eigenvalue weighted by Crippen LogP contribution is -2.24. The Labute approximate surface area is 125 Å². The summed E-state index contributed by atoms with van der Waals surface area (Å²) in [6.07, 6.45) is -2.98. The van der Waals surface area contributed by atoms with Crippen LogP contribution in [0.15, 0.2) is 48.7 Å². The Hall–Kier alpha value is -2.81. The molecule has 0 aliphatic rings. The van der Waals surface area contributed by atoms with Crippen LogP contribution in [0.25, 0.3) is 0 Å². The minimum atomic E-state index is -4.46. The zero-order chi connectivity index (χ0) is 16.0. The first-order chi connectivity index (χ1) is 10.5. The molecule has 1 amide bonds. The van der Waals surface area contributed by atoms with Gasteiger partial charge in [-0.3, -0.25) is 9.78 Å². The fourth-order valence-electron chi connectivity index (χ4n) is 1.69.